The Morgan fingerprint density at radius 1 is 1.15 bits per heavy atom. The highest BCUT2D eigenvalue weighted by atomic mass is 16.2. The summed E-state index contributed by atoms with van der Waals surface area (Å²) in [6.07, 6.45) is 2.27. The van der Waals surface area contributed by atoms with Gasteiger partial charge in [0.15, 0.2) is 0 Å². The number of aromatic amines is 1. The fourth-order valence-corrected chi connectivity index (χ4v) is 4.03. The Morgan fingerprint density at radius 3 is 2.70 bits per heavy atom. The van der Waals surface area contributed by atoms with Gasteiger partial charge in [0.1, 0.15) is 5.56 Å². The van der Waals surface area contributed by atoms with Crippen LogP contribution in [-0.4, -0.2) is 52.3 Å². The van der Waals surface area contributed by atoms with Gasteiger partial charge in [0.05, 0.1) is 6.04 Å². The maximum absolute atomic E-state index is 12.8. The molecule has 1 aromatic carbocycles. The van der Waals surface area contributed by atoms with Gasteiger partial charge in [-0.2, -0.15) is 0 Å². The van der Waals surface area contributed by atoms with Crippen molar-refractivity contribution in [1.29, 1.82) is 0 Å². The molecule has 3 heterocycles. The molecular weight excluding hydrogens is 342 g/mol. The van der Waals surface area contributed by atoms with Crippen molar-refractivity contribution in [2.75, 3.05) is 19.6 Å². The first-order valence-corrected chi connectivity index (χ1v) is 9.42. The number of hydrogen-bond acceptors (Lipinski definition) is 3. The van der Waals surface area contributed by atoms with Crippen molar-refractivity contribution in [3.8, 4) is 11.3 Å². The van der Waals surface area contributed by atoms with Gasteiger partial charge in [0.2, 0.25) is 5.91 Å². The van der Waals surface area contributed by atoms with Crippen LogP contribution in [0, 0.1) is 6.92 Å². The number of hydrogen-bond donors (Lipinski definition) is 1. The number of likely N-dealkylation sites (tertiary alicyclic amines) is 2. The third-order valence-electron chi connectivity index (χ3n) is 5.47. The molecule has 1 atom stereocenters. The smallest absolute Gasteiger partial charge is 0.261 e. The number of carbonyl (C=O) groups excluding carboxylic acids is 2. The first-order valence-electron chi connectivity index (χ1n) is 9.42. The van der Waals surface area contributed by atoms with Crippen LogP contribution in [0.15, 0.2) is 41.2 Å². The average Bonchev–Trinajstić information content (AvgIpc) is 3.30. The quantitative estimate of drug-likeness (QED) is 0.906. The monoisotopic (exact) mass is 365 g/mol. The number of pyridine rings is 1. The van der Waals surface area contributed by atoms with Crippen LogP contribution in [0.25, 0.3) is 11.3 Å². The summed E-state index contributed by atoms with van der Waals surface area (Å²) in [6.45, 7) is 3.85. The zero-order chi connectivity index (χ0) is 19.0. The number of H-pyrrole nitrogens is 1. The minimum Gasteiger partial charge on any atom is -0.338 e. The largest absolute Gasteiger partial charge is 0.338 e. The highest BCUT2D eigenvalue weighted by Crippen LogP contribution is 2.23. The molecule has 0 saturated carbocycles. The molecule has 1 aromatic heterocycles. The summed E-state index contributed by atoms with van der Waals surface area (Å²) in [5.41, 5.74) is 2.50. The zero-order valence-electron chi connectivity index (χ0n) is 15.4. The molecule has 6 heteroatoms. The lowest BCUT2D eigenvalue weighted by atomic mass is 10.1. The summed E-state index contributed by atoms with van der Waals surface area (Å²) in [5.74, 6) is -0.0872. The average molecular weight is 365 g/mol. The van der Waals surface area contributed by atoms with Crippen LogP contribution in [0.3, 0.4) is 0 Å². The number of amides is 2. The van der Waals surface area contributed by atoms with Gasteiger partial charge in [0, 0.05) is 31.7 Å². The number of aromatic nitrogens is 1. The van der Waals surface area contributed by atoms with Gasteiger partial charge >= 0.3 is 0 Å². The van der Waals surface area contributed by atoms with Gasteiger partial charge < -0.3 is 14.8 Å². The van der Waals surface area contributed by atoms with Gasteiger partial charge in [-0.3, -0.25) is 14.4 Å². The highest BCUT2D eigenvalue weighted by Gasteiger charge is 2.35. The Hall–Kier alpha value is -2.89. The normalized spacial score (nSPS) is 19.7. The second kappa shape index (κ2) is 7.02. The number of nitrogens with zero attached hydrogens (tertiary/aromatic N) is 2. The molecule has 2 saturated heterocycles. The summed E-state index contributed by atoms with van der Waals surface area (Å²) < 4.78 is 0. The van der Waals surface area contributed by atoms with Gasteiger partial charge in [-0.25, -0.2) is 0 Å². The standard InChI is InChI=1S/C21H23N3O3/c1-14-4-2-5-15(12-14)18-8-7-17(20(26)22-18)21(27)23-11-9-16(13-23)24-10-3-6-19(24)25/h2,4-5,7-8,12,16H,3,6,9-11,13H2,1H3,(H,22,26)/t16-/m0/s1. The molecular formula is C21H23N3O3. The van der Waals surface area contributed by atoms with Crippen LogP contribution in [0.2, 0.25) is 0 Å². The van der Waals surface area contributed by atoms with E-state index in [-0.39, 0.29) is 29.0 Å². The van der Waals surface area contributed by atoms with Crippen LogP contribution in [-0.2, 0) is 4.79 Å². The second-order valence-corrected chi connectivity index (χ2v) is 7.37. The molecule has 6 nitrogen and oxygen atoms in total. The predicted molar refractivity (Wildman–Crippen MR) is 102 cm³/mol. The molecule has 2 aromatic rings. The molecule has 0 spiro atoms. The lowest BCUT2D eigenvalue weighted by Gasteiger charge is -2.24. The van der Waals surface area contributed by atoms with Crippen molar-refractivity contribution in [3.05, 3.63) is 57.9 Å². The molecule has 27 heavy (non-hydrogen) atoms. The van der Waals surface area contributed by atoms with Crippen LogP contribution < -0.4 is 5.56 Å². The van der Waals surface area contributed by atoms with Crippen molar-refractivity contribution in [3.63, 3.8) is 0 Å². The van der Waals surface area contributed by atoms with E-state index in [1.807, 2.05) is 36.1 Å². The van der Waals surface area contributed by atoms with Crippen LogP contribution >= 0.6 is 0 Å². The van der Waals surface area contributed by atoms with E-state index in [1.165, 1.54) is 0 Å². The van der Waals surface area contributed by atoms with Crippen LogP contribution in [0.1, 0.15) is 35.2 Å². The van der Waals surface area contributed by atoms with Crippen molar-refractivity contribution >= 4 is 11.8 Å². The fourth-order valence-electron chi connectivity index (χ4n) is 4.03. The SMILES string of the molecule is Cc1cccc(-c2ccc(C(=O)N3CC[C@H](N4CCCC4=O)C3)c(=O)[nH]2)c1. The van der Waals surface area contributed by atoms with Crippen molar-refractivity contribution in [2.24, 2.45) is 0 Å². The van der Waals surface area contributed by atoms with E-state index in [4.69, 9.17) is 0 Å². The number of aryl methyl sites for hydroxylation is 1. The molecule has 1 N–H and O–H groups in total. The Morgan fingerprint density at radius 2 is 2.00 bits per heavy atom. The summed E-state index contributed by atoms with van der Waals surface area (Å²) >= 11 is 0. The lowest BCUT2D eigenvalue weighted by molar-refractivity contribution is -0.129. The second-order valence-electron chi connectivity index (χ2n) is 7.37. The molecule has 0 unspecified atom stereocenters. The van der Waals surface area contributed by atoms with Crippen LogP contribution in [0.5, 0.6) is 0 Å². The lowest BCUT2D eigenvalue weighted by Crippen LogP contribution is -2.40. The minimum absolute atomic E-state index is 0.0783. The molecule has 2 amide bonds. The Bertz CT molecular complexity index is 950. The summed E-state index contributed by atoms with van der Waals surface area (Å²) in [6, 6.07) is 11.3. The molecule has 0 aliphatic carbocycles. The third kappa shape index (κ3) is 3.39. The summed E-state index contributed by atoms with van der Waals surface area (Å²) in [5, 5.41) is 0. The third-order valence-corrected chi connectivity index (χ3v) is 5.47. The van der Waals surface area contributed by atoms with E-state index in [2.05, 4.69) is 4.98 Å². The molecule has 2 fully saturated rings. The Labute approximate surface area is 157 Å². The first kappa shape index (κ1) is 17.5. The molecule has 2 aliphatic heterocycles. The van der Waals surface area contributed by atoms with Crippen molar-refractivity contribution in [1.82, 2.24) is 14.8 Å². The Balaban J connectivity index is 1.51. The zero-order valence-corrected chi connectivity index (χ0v) is 15.4. The van der Waals surface area contributed by atoms with Crippen molar-refractivity contribution < 1.29 is 9.59 Å². The van der Waals surface area contributed by atoms with E-state index < -0.39 is 0 Å². The van der Waals surface area contributed by atoms with E-state index in [9.17, 15) is 14.4 Å². The topological polar surface area (TPSA) is 73.5 Å². The number of rotatable bonds is 3. The van der Waals surface area contributed by atoms with Crippen LogP contribution in [0.4, 0.5) is 0 Å². The van der Waals surface area contributed by atoms with Gasteiger partial charge in [-0.1, -0.05) is 23.8 Å². The van der Waals surface area contributed by atoms with Gasteiger partial charge in [0.25, 0.3) is 11.5 Å². The van der Waals surface area contributed by atoms with E-state index in [0.29, 0.717) is 25.2 Å². The predicted octanol–water partition coefficient (Wildman–Crippen LogP) is 2.19. The molecule has 0 bridgehead atoms. The van der Waals surface area contributed by atoms with E-state index in [1.54, 1.807) is 17.0 Å². The molecule has 0 radical (unpaired) electrons. The summed E-state index contributed by atoms with van der Waals surface area (Å²) in [4.78, 5) is 43.7. The number of nitrogens with one attached hydrogen (secondary N) is 1. The number of carbonyl (C=O) groups is 2. The highest BCUT2D eigenvalue weighted by molar-refractivity contribution is 5.94. The van der Waals surface area contributed by atoms with Crippen molar-refractivity contribution in [2.45, 2.75) is 32.2 Å². The Kier molecular flexibility index (Phi) is 4.56. The maximum atomic E-state index is 12.8. The first-order chi connectivity index (χ1) is 13.0. The molecule has 4 rings (SSSR count). The van der Waals surface area contributed by atoms with E-state index in [0.717, 1.165) is 30.5 Å². The van der Waals surface area contributed by atoms with Gasteiger partial charge in [-0.15, -0.1) is 0 Å². The minimum atomic E-state index is -0.375. The van der Waals surface area contributed by atoms with Gasteiger partial charge in [-0.05, 0) is 43.5 Å². The van der Waals surface area contributed by atoms with E-state index >= 15 is 0 Å². The number of benzene rings is 1. The molecule has 140 valence electrons. The fraction of sp³-hybridized carbons (Fsp3) is 0.381. The maximum Gasteiger partial charge on any atom is 0.261 e. The molecule has 2 aliphatic rings. The summed E-state index contributed by atoms with van der Waals surface area (Å²) in [7, 11) is 0.